The predicted molar refractivity (Wildman–Crippen MR) is 77.5 cm³/mol. The Morgan fingerprint density at radius 3 is 2.84 bits per heavy atom. The van der Waals surface area contributed by atoms with Gasteiger partial charge in [-0.25, -0.2) is 9.97 Å². The van der Waals surface area contributed by atoms with E-state index in [-0.39, 0.29) is 5.97 Å². The molecule has 1 aromatic rings. The number of anilines is 1. The molecule has 19 heavy (non-hydrogen) atoms. The highest BCUT2D eigenvalue weighted by Crippen LogP contribution is 2.20. The van der Waals surface area contributed by atoms with Crippen molar-refractivity contribution in [3.8, 4) is 0 Å². The van der Waals surface area contributed by atoms with E-state index >= 15 is 0 Å². The second-order valence-corrected chi connectivity index (χ2v) is 5.08. The van der Waals surface area contributed by atoms with E-state index in [1.807, 2.05) is 13.0 Å². The summed E-state index contributed by atoms with van der Waals surface area (Å²) < 4.78 is 4.62. The number of hydrogen-bond donors (Lipinski definition) is 1. The summed E-state index contributed by atoms with van der Waals surface area (Å²) in [6.45, 7) is 4.97. The van der Waals surface area contributed by atoms with Crippen LogP contribution in [0.1, 0.15) is 32.5 Å². The Hall–Kier alpha value is -1.30. The third-order valence-electron chi connectivity index (χ3n) is 2.36. The van der Waals surface area contributed by atoms with Gasteiger partial charge in [0.2, 0.25) is 0 Å². The molecule has 1 heterocycles. The monoisotopic (exact) mass is 283 g/mol. The summed E-state index contributed by atoms with van der Waals surface area (Å²) in [5.74, 6) is 2.17. The van der Waals surface area contributed by atoms with Gasteiger partial charge in [-0.05, 0) is 13.3 Å². The smallest absolute Gasteiger partial charge is 0.306 e. The largest absolute Gasteiger partial charge is 0.469 e. The van der Waals surface area contributed by atoms with Crippen LogP contribution in [0.3, 0.4) is 0 Å². The zero-order valence-electron chi connectivity index (χ0n) is 11.7. The van der Waals surface area contributed by atoms with E-state index in [1.165, 1.54) is 7.11 Å². The van der Waals surface area contributed by atoms with Crippen LogP contribution in [0.15, 0.2) is 11.1 Å². The number of carbonyl (C=O) groups excluding carboxylic acids is 1. The molecule has 0 aromatic carbocycles. The molecule has 0 amide bonds. The van der Waals surface area contributed by atoms with Crippen LogP contribution in [-0.4, -0.2) is 35.3 Å². The van der Waals surface area contributed by atoms with Gasteiger partial charge in [0.25, 0.3) is 0 Å². The summed E-state index contributed by atoms with van der Waals surface area (Å²) in [5.41, 5.74) is 0. The van der Waals surface area contributed by atoms with Gasteiger partial charge in [0.1, 0.15) is 16.7 Å². The molecule has 0 radical (unpaired) electrons. The minimum atomic E-state index is -0.192. The highest BCUT2D eigenvalue weighted by atomic mass is 32.2. The standard InChI is InChI=1S/C13H21N3O2S/c1-4-6-10-15-11(14-5-2)9-12(16-10)19-8-7-13(17)18-3/h9H,4-8H2,1-3H3,(H,14,15,16). The Bertz CT molecular complexity index is 389. The molecule has 0 unspecified atom stereocenters. The van der Waals surface area contributed by atoms with Crippen molar-refractivity contribution in [1.29, 1.82) is 0 Å². The highest BCUT2D eigenvalue weighted by Gasteiger charge is 2.06. The number of aryl methyl sites for hydroxylation is 1. The van der Waals surface area contributed by atoms with Crippen molar-refractivity contribution >= 4 is 23.5 Å². The van der Waals surface area contributed by atoms with Crippen LogP contribution >= 0.6 is 11.8 Å². The van der Waals surface area contributed by atoms with Gasteiger partial charge in [-0.3, -0.25) is 4.79 Å². The van der Waals surface area contributed by atoms with Crippen LogP contribution in [0.2, 0.25) is 0 Å². The number of esters is 1. The number of carbonyl (C=O) groups is 1. The van der Waals surface area contributed by atoms with Crippen molar-refractivity contribution < 1.29 is 9.53 Å². The van der Waals surface area contributed by atoms with E-state index in [4.69, 9.17) is 0 Å². The van der Waals surface area contributed by atoms with Gasteiger partial charge >= 0.3 is 5.97 Å². The molecule has 6 heteroatoms. The fourth-order valence-corrected chi connectivity index (χ4v) is 2.34. The van der Waals surface area contributed by atoms with Gasteiger partial charge in [-0.2, -0.15) is 0 Å². The molecule has 5 nitrogen and oxygen atoms in total. The SMILES string of the molecule is CCCc1nc(NCC)cc(SCCC(=O)OC)n1. The van der Waals surface area contributed by atoms with Gasteiger partial charge < -0.3 is 10.1 Å². The lowest BCUT2D eigenvalue weighted by Crippen LogP contribution is -2.05. The number of hydrogen-bond acceptors (Lipinski definition) is 6. The second-order valence-electron chi connectivity index (χ2n) is 3.96. The van der Waals surface area contributed by atoms with Gasteiger partial charge in [-0.1, -0.05) is 6.92 Å². The summed E-state index contributed by atoms with van der Waals surface area (Å²) in [4.78, 5) is 20.0. The van der Waals surface area contributed by atoms with E-state index in [9.17, 15) is 4.79 Å². The molecule has 1 rings (SSSR count). The van der Waals surface area contributed by atoms with E-state index in [0.717, 1.165) is 36.1 Å². The average molecular weight is 283 g/mol. The lowest BCUT2D eigenvalue weighted by Gasteiger charge is -2.08. The van der Waals surface area contributed by atoms with Gasteiger partial charge in [-0.15, -0.1) is 11.8 Å². The predicted octanol–water partition coefficient (Wildman–Crippen LogP) is 2.52. The number of methoxy groups -OCH3 is 1. The Kier molecular flexibility index (Phi) is 7.25. The van der Waals surface area contributed by atoms with Crippen molar-refractivity contribution in [3.05, 3.63) is 11.9 Å². The molecule has 0 saturated heterocycles. The lowest BCUT2D eigenvalue weighted by molar-refractivity contribution is -0.140. The maximum absolute atomic E-state index is 11.1. The summed E-state index contributed by atoms with van der Waals surface area (Å²) in [6.07, 6.45) is 2.27. The maximum Gasteiger partial charge on any atom is 0.306 e. The zero-order chi connectivity index (χ0) is 14.1. The molecule has 0 spiro atoms. The maximum atomic E-state index is 11.1. The van der Waals surface area contributed by atoms with Crippen molar-refractivity contribution in [2.75, 3.05) is 24.7 Å². The Morgan fingerprint density at radius 2 is 2.21 bits per heavy atom. The first kappa shape index (κ1) is 15.8. The molecule has 106 valence electrons. The minimum absolute atomic E-state index is 0.192. The average Bonchev–Trinajstić information content (AvgIpc) is 2.39. The molecule has 0 aliphatic carbocycles. The van der Waals surface area contributed by atoms with Gasteiger partial charge in [0, 0.05) is 24.8 Å². The van der Waals surface area contributed by atoms with Crippen LogP contribution in [0, 0.1) is 0 Å². The number of ether oxygens (including phenoxy) is 1. The number of aromatic nitrogens is 2. The van der Waals surface area contributed by atoms with Crippen LogP contribution in [0.4, 0.5) is 5.82 Å². The normalized spacial score (nSPS) is 10.3. The molecular weight excluding hydrogens is 262 g/mol. The van der Waals surface area contributed by atoms with E-state index < -0.39 is 0 Å². The van der Waals surface area contributed by atoms with Crippen LogP contribution < -0.4 is 5.32 Å². The van der Waals surface area contributed by atoms with Crippen LogP contribution in [-0.2, 0) is 16.0 Å². The van der Waals surface area contributed by atoms with Gasteiger partial charge in [0.05, 0.1) is 13.5 Å². The van der Waals surface area contributed by atoms with Crippen molar-refractivity contribution in [1.82, 2.24) is 9.97 Å². The molecular formula is C13H21N3O2S. The van der Waals surface area contributed by atoms with E-state index in [2.05, 4.69) is 26.9 Å². The van der Waals surface area contributed by atoms with Crippen molar-refractivity contribution in [3.63, 3.8) is 0 Å². The highest BCUT2D eigenvalue weighted by molar-refractivity contribution is 7.99. The molecule has 0 aliphatic rings. The lowest BCUT2D eigenvalue weighted by atomic mass is 10.3. The number of nitrogens with zero attached hydrogens (tertiary/aromatic N) is 2. The van der Waals surface area contributed by atoms with Crippen LogP contribution in [0.25, 0.3) is 0 Å². The summed E-state index contributed by atoms with van der Waals surface area (Å²) in [6, 6.07) is 1.92. The first-order chi connectivity index (χ1) is 9.19. The first-order valence-corrected chi connectivity index (χ1v) is 7.49. The molecule has 0 bridgehead atoms. The fraction of sp³-hybridized carbons (Fsp3) is 0.615. The molecule has 1 N–H and O–H groups in total. The third-order valence-corrected chi connectivity index (χ3v) is 3.28. The summed E-state index contributed by atoms with van der Waals surface area (Å²) in [5, 5.41) is 4.10. The first-order valence-electron chi connectivity index (χ1n) is 6.51. The van der Waals surface area contributed by atoms with Crippen molar-refractivity contribution in [2.24, 2.45) is 0 Å². The van der Waals surface area contributed by atoms with E-state index in [0.29, 0.717) is 12.2 Å². The minimum Gasteiger partial charge on any atom is -0.469 e. The Balaban J connectivity index is 2.66. The number of nitrogens with one attached hydrogen (secondary N) is 1. The molecule has 0 saturated carbocycles. The second kappa shape index (κ2) is 8.74. The Labute approximate surface area is 118 Å². The molecule has 0 aliphatic heterocycles. The third kappa shape index (κ3) is 5.92. The summed E-state index contributed by atoms with van der Waals surface area (Å²) >= 11 is 1.55. The van der Waals surface area contributed by atoms with Gasteiger partial charge in [0.15, 0.2) is 0 Å². The molecule has 1 aromatic heterocycles. The summed E-state index contributed by atoms with van der Waals surface area (Å²) in [7, 11) is 1.40. The zero-order valence-corrected chi connectivity index (χ0v) is 12.5. The number of thioether (sulfide) groups is 1. The quantitative estimate of drug-likeness (QED) is 0.449. The number of rotatable bonds is 8. The van der Waals surface area contributed by atoms with Crippen molar-refractivity contribution in [2.45, 2.75) is 38.1 Å². The van der Waals surface area contributed by atoms with E-state index in [1.54, 1.807) is 11.8 Å². The topological polar surface area (TPSA) is 64.1 Å². The van der Waals surface area contributed by atoms with Crippen LogP contribution in [0.5, 0.6) is 0 Å². The molecule has 0 fully saturated rings. The fourth-order valence-electron chi connectivity index (χ4n) is 1.49. The molecule has 0 atom stereocenters. The Morgan fingerprint density at radius 1 is 1.42 bits per heavy atom.